The Morgan fingerprint density at radius 2 is 2.29 bits per heavy atom. The molecule has 2 rings (SSSR count). The zero-order chi connectivity index (χ0) is 9.80. The minimum absolute atomic E-state index is 0.475. The summed E-state index contributed by atoms with van der Waals surface area (Å²) in [6, 6.07) is 4.53. The molecule has 0 spiro atoms. The van der Waals surface area contributed by atoms with Crippen molar-refractivity contribution in [3.8, 4) is 0 Å². The minimum atomic E-state index is 0.475. The smallest absolute Gasteiger partial charge is 0.153 e. The van der Waals surface area contributed by atoms with E-state index in [1.165, 1.54) is 25.7 Å². The monoisotopic (exact) mass is 209 g/mol. The molecule has 4 heteroatoms. The number of hydrazine groups is 1. The van der Waals surface area contributed by atoms with Crippen LogP contribution in [0.2, 0.25) is 0 Å². The molecule has 1 aliphatic carbocycles. The molecule has 3 N–H and O–H groups in total. The maximum atomic E-state index is 5.47. The molecule has 1 fully saturated rings. The Morgan fingerprint density at radius 3 is 2.86 bits per heavy atom. The van der Waals surface area contributed by atoms with E-state index in [1.807, 2.05) is 17.5 Å². The number of hydrogen-bond donors (Lipinski definition) is 2. The molecule has 0 atom stereocenters. The highest BCUT2D eigenvalue weighted by Gasteiger charge is 2.15. The van der Waals surface area contributed by atoms with Crippen molar-refractivity contribution < 1.29 is 0 Å². The molecule has 3 nitrogen and oxygen atoms in total. The van der Waals surface area contributed by atoms with Crippen molar-refractivity contribution in [2.45, 2.75) is 31.7 Å². The van der Waals surface area contributed by atoms with Gasteiger partial charge in [0.2, 0.25) is 0 Å². The summed E-state index contributed by atoms with van der Waals surface area (Å²) in [5.74, 6) is 6.31. The van der Waals surface area contributed by atoms with Crippen LogP contribution in [0.25, 0.3) is 0 Å². The van der Waals surface area contributed by atoms with E-state index in [9.17, 15) is 0 Å². The highest BCUT2D eigenvalue weighted by Crippen LogP contribution is 2.22. The quantitative estimate of drug-likeness (QED) is 0.338. The van der Waals surface area contributed by atoms with Crippen LogP contribution < -0.4 is 11.3 Å². The summed E-state index contributed by atoms with van der Waals surface area (Å²) >= 11 is 1.67. The highest BCUT2D eigenvalue weighted by molar-refractivity contribution is 7.12. The summed E-state index contributed by atoms with van der Waals surface area (Å²) in [6.07, 6.45) is 5.01. The topological polar surface area (TPSA) is 50.4 Å². The Balaban J connectivity index is 2.12. The van der Waals surface area contributed by atoms with E-state index >= 15 is 0 Å². The highest BCUT2D eigenvalue weighted by atomic mass is 32.1. The molecular formula is C10H15N3S. The summed E-state index contributed by atoms with van der Waals surface area (Å²) in [5, 5.41) is 2.04. The lowest BCUT2D eigenvalue weighted by atomic mass is 10.2. The number of thiophene rings is 1. The Hall–Kier alpha value is -0.870. The lowest BCUT2D eigenvalue weighted by Crippen LogP contribution is -2.31. The number of nitrogens with zero attached hydrogens (tertiary/aromatic N) is 1. The summed E-state index contributed by atoms with van der Waals surface area (Å²) in [7, 11) is 0. The van der Waals surface area contributed by atoms with Gasteiger partial charge in [0.15, 0.2) is 5.84 Å². The van der Waals surface area contributed by atoms with Crippen molar-refractivity contribution in [1.82, 2.24) is 5.43 Å². The van der Waals surface area contributed by atoms with Gasteiger partial charge in [-0.2, -0.15) is 0 Å². The molecule has 1 saturated carbocycles. The van der Waals surface area contributed by atoms with Gasteiger partial charge in [-0.15, -0.1) is 11.3 Å². The second-order valence-electron chi connectivity index (χ2n) is 3.54. The lowest BCUT2D eigenvalue weighted by Gasteiger charge is -2.07. The van der Waals surface area contributed by atoms with Crippen LogP contribution in [-0.2, 0) is 0 Å². The van der Waals surface area contributed by atoms with Gasteiger partial charge in [0.05, 0.1) is 10.9 Å². The molecule has 1 heterocycles. The fraction of sp³-hybridized carbons (Fsp3) is 0.500. The molecule has 1 aliphatic rings. The fourth-order valence-corrected chi connectivity index (χ4v) is 2.49. The molecule has 0 saturated heterocycles. The van der Waals surface area contributed by atoms with E-state index in [2.05, 4.69) is 10.4 Å². The maximum Gasteiger partial charge on any atom is 0.153 e. The van der Waals surface area contributed by atoms with E-state index < -0.39 is 0 Å². The third-order valence-electron chi connectivity index (χ3n) is 2.53. The molecule has 0 radical (unpaired) electrons. The number of amidine groups is 1. The van der Waals surface area contributed by atoms with Crippen LogP contribution in [0, 0.1) is 0 Å². The second-order valence-corrected chi connectivity index (χ2v) is 4.49. The molecule has 0 aliphatic heterocycles. The van der Waals surface area contributed by atoms with Crippen molar-refractivity contribution in [1.29, 1.82) is 0 Å². The molecule has 0 amide bonds. The molecule has 76 valence electrons. The van der Waals surface area contributed by atoms with Gasteiger partial charge in [0.25, 0.3) is 0 Å². The molecule has 0 unspecified atom stereocenters. The third-order valence-corrected chi connectivity index (χ3v) is 3.40. The molecule has 1 aromatic heterocycles. The minimum Gasteiger partial charge on any atom is -0.308 e. The average Bonchev–Trinajstić information content (AvgIpc) is 2.86. The van der Waals surface area contributed by atoms with E-state index in [1.54, 1.807) is 11.3 Å². The summed E-state index contributed by atoms with van der Waals surface area (Å²) in [6.45, 7) is 0. The van der Waals surface area contributed by atoms with Crippen molar-refractivity contribution in [3.63, 3.8) is 0 Å². The summed E-state index contributed by atoms with van der Waals surface area (Å²) in [5.41, 5.74) is 2.69. The van der Waals surface area contributed by atoms with Gasteiger partial charge in [-0.25, -0.2) is 5.84 Å². The van der Waals surface area contributed by atoms with Crippen LogP contribution in [0.5, 0.6) is 0 Å². The van der Waals surface area contributed by atoms with E-state index in [0.717, 1.165) is 10.7 Å². The molecular weight excluding hydrogens is 194 g/mol. The van der Waals surface area contributed by atoms with Crippen molar-refractivity contribution in [3.05, 3.63) is 22.4 Å². The van der Waals surface area contributed by atoms with Gasteiger partial charge >= 0.3 is 0 Å². The molecule has 14 heavy (non-hydrogen) atoms. The van der Waals surface area contributed by atoms with Crippen LogP contribution in [0.1, 0.15) is 30.6 Å². The van der Waals surface area contributed by atoms with Gasteiger partial charge in [0, 0.05) is 0 Å². The van der Waals surface area contributed by atoms with Gasteiger partial charge in [-0.3, -0.25) is 4.99 Å². The SMILES string of the molecule is NNC(=NC1CCCC1)c1cccs1. The predicted octanol–water partition coefficient (Wildman–Crippen LogP) is 1.90. The molecule has 0 aromatic carbocycles. The van der Waals surface area contributed by atoms with Gasteiger partial charge in [-0.1, -0.05) is 18.9 Å². The Labute approximate surface area is 88.0 Å². The van der Waals surface area contributed by atoms with Crippen LogP contribution in [0.15, 0.2) is 22.5 Å². The summed E-state index contributed by atoms with van der Waals surface area (Å²) in [4.78, 5) is 5.75. The normalized spacial score (nSPS) is 18.8. The zero-order valence-corrected chi connectivity index (χ0v) is 8.89. The molecule has 0 bridgehead atoms. The number of aliphatic imine (C=N–C) groups is 1. The van der Waals surface area contributed by atoms with Crippen LogP contribution in [0.4, 0.5) is 0 Å². The van der Waals surface area contributed by atoms with Crippen molar-refractivity contribution in [2.75, 3.05) is 0 Å². The second kappa shape index (κ2) is 4.57. The third kappa shape index (κ3) is 2.13. The Morgan fingerprint density at radius 1 is 1.50 bits per heavy atom. The first-order chi connectivity index (χ1) is 6.90. The van der Waals surface area contributed by atoms with Crippen molar-refractivity contribution in [2.24, 2.45) is 10.8 Å². The summed E-state index contributed by atoms with van der Waals surface area (Å²) < 4.78 is 0. The van der Waals surface area contributed by atoms with Crippen molar-refractivity contribution >= 4 is 17.2 Å². The number of rotatable bonds is 2. The van der Waals surface area contributed by atoms with Crippen LogP contribution in [0.3, 0.4) is 0 Å². The van der Waals surface area contributed by atoms with E-state index in [4.69, 9.17) is 5.84 Å². The van der Waals surface area contributed by atoms with E-state index in [0.29, 0.717) is 6.04 Å². The first-order valence-electron chi connectivity index (χ1n) is 4.98. The van der Waals surface area contributed by atoms with Gasteiger partial charge in [0.1, 0.15) is 0 Å². The largest absolute Gasteiger partial charge is 0.308 e. The first-order valence-corrected chi connectivity index (χ1v) is 5.86. The average molecular weight is 209 g/mol. The van der Waals surface area contributed by atoms with E-state index in [-0.39, 0.29) is 0 Å². The van der Waals surface area contributed by atoms with Crippen LogP contribution >= 0.6 is 11.3 Å². The maximum absolute atomic E-state index is 5.47. The number of nitrogens with two attached hydrogens (primary N) is 1. The Bertz CT molecular complexity index is 299. The predicted molar refractivity (Wildman–Crippen MR) is 60.4 cm³/mol. The lowest BCUT2D eigenvalue weighted by molar-refractivity contribution is 0.701. The fourth-order valence-electron chi connectivity index (χ4n) is 1.80. The van der Waals surface area contributed by atoms with Gasteiger partial charge in [-0.05, 0) is 24.3 Å². The Kier molecular flexibility index (Phi) is 3.16. The van der Waals surface area contributed by atoms with Crippen LogP contribution in [-0.4, -0.2) is 11.9 Å². The first kappa shape index (κ1) is 9.68. The zero-order valence-electron chi connectivity index (χ0n) is 8.07. The standard InChI is InChI=1S/C10H15N3S/c11-13-10(9-6-3-7-14-9)12-8-4-1-2-5-8/h3,6-8H,1-2,4-5,11H2,(H,12,13). The number of hydrogen-bond acceptors (Lipinski definition) is 3. The number of nitrogens with one attached hydrogen (secondary N) is 1. The molecule has 1 aromatic rings. The van der Waals surface area contributed by atoms with Gasteiger partial charge < -0.3 is 5.43 Å².